The van der Waals surface area contributed by atoms with Crippen molar-refractivity contribution in [3.63, 3.8) is 0 Å². The van der Waals surface area contributed by atoms with Crippen LogP contribution in [0.5, 0.6) is 0 Å². The van der Waals surface area contributed by atoms with Gasteiger partial charge in [0.2, 0.25) is 11.8 Å². The first-order valence-corrected chi connectivity index (χ1v) is 7.67. The second-order valence-electron chi connectivity index (χ2n) is 5.61. The second kappa shape index (κ2) is 11.2. The van der Waals surface area contributed by atoms with Crippen LogP contribution in [-0.4, -0.2) is 36.9 Å². The monoisotopic (exact) mass is 368 g/mol. The van der Waals surface area contributed by atoms with Crippen LogP contribution in [0.15, 0.2) is 36.9 Å². The smallest absolute Gasteiger partial charge is 0.251 e. The van der Waals surface area contributed by atoms with Gasteiger partial charge in [0.1, 0.15) is 0 Å². The Balaban J connectivity index is 0.00000576. The van der Waals surface area contributed by atoms with Crippen LogP contribution in [0, 0.1) is 5.92 Å². The first-order valence-electron chi connectivity index (χ1n) is 7.67. The minimum absolute atomic E-state index is 0. The van der Waals surface area contributed by atoms with E-state index in [1.165, 1.54) is 0 Å². The molecule has 0 aromatic heterocycles. The number of amides is 3. The summed E-state index contributed by atoms with van der Waals surface area (Å²) in [4.78, 5) is 35.2. The summed E-state index contributed by atoms with van der Waals surface area (Å²) in [6, 6.07) is 5.78. The second-order valence-corrected chi connectivity index (χ2v) is 5.61. The van der Waals surface area contributed by atoms with Crippen LogP contribution in [0.1, 0.15) is 24.2 Å². The molecule has 0 spiro atoms. The van der Waals surface area contributed by atoms with Crippen LogP contribution in [0.4, 0.5) is 5.69 Å². The Morgan fingerprint density at radius 1 is 1.16 bits per heavy atom. The Bertz CT molecular complexity index is 602. The number of rotatable bonds is 8. The molecule has 138 valence electrons. The molecule has 0 fully saturated rings. The van der Waals surface area contributed by atoms with Crippen molar-refractivity contribution >= 4 is 35.8 Å². The van der Waals surface area contributed by atoms with E-state index in [0.717, 1.165) is 0 Å². The van der Waals surface area contributed by atoms with Crippen LogP contribution >= 0.6 is 12.4 Å². The predicted molar refractivity (Wildman–Crippen MR) is 101 cm³/mol. The Labute approximate surface area is 153 Å². The van der Waals surface area contributed by atoms with E-state index in [1.807, 2.05) is 13.8 Å². The summed E-state index contributed by atoms with van der Waals surface area (Å²) in [6.07, 6.45) is 1.59. The van der Waals surface area contributed by atoms with Gasteiger partial charge < -0.3 is 21.7 Å². The molecule has 0 aliphatic carbocycles. The first-order chi connectivity index (χ1) is 11.3. The zero-order chi connectivity index (χ0) is 18.1. The fourth-order valence-electron chi connectivity index (χ4n) is 1.77. The van der Waals surface area contributed by atoms with E-state index in [4.69, 9.17) is 5.73 Å². The van der Waals surface area contributed by atoms with Crippen molar-refractivity contribution in [3.8, 4) is 0 Å². The van der Waals surface area contributed by atoms with Crippen LogP contribution in [0.25, 0.3) is 0 Å². The number of carbonyl (C=O) groups excluding carboxylic acids is 3. The van der Waals surface area contributed by atoms with Gasteiger partial charge in [-0.05, 0) is 30.2 Å². The fourth-order valence-corrected chi connectivity index (χ4v) is 1.77. The van der Waals surface area contributed by atoms with Crippen molar-refractivity contribution in [2.24, 2.45) is 11.7 Å². The number of nitrogens with one attached hydrogen (secondary N) is 3. The molecule has 8 heteroatoms. The zero-order valence-electron chi connectivity index (χ0n) is 14.4. The normalized spacial score (nSPS) is 11.0. The lowest BCUT2D eigenvalue weighted by atomic mass is 10.1. The first kappa shape index (κ1) is 22.6. The lowest BCUT2D eigenvalue weighted by Crippen LogP contribution is -2.46. The van der Waals surface area contributed by atoms with Gasteiger partial charge in [-0.2, -0.15) is 0 Å². The van der Waals surface area contributed by atoms with E-state index in [0.29, 0.717) is 17.8 Å². The van der Waals surface area contributed by atoms with Gasteiger partial charge in [-0.3, -0.25) is 14.4 Å². The predicted octanol–water partition coefficient (Wildman–Crippen LogP) is 1.06. The molecule has 1 rings (SSSR count). The molecule has 0 heterocycles. The minimum atomic E-state index is -0.647. The van der Waals surface area contributed by atoms with E-state index < -0.39 is 6.04 Å². The molecule has 0 saturated heterocycles. The molecule has 0 bridgehead atoms. The van der Waals surface area contributed by atoms with Crippen molar-refractivity contribution in [2.45, 2.75) is 19.9 Å². The van der Waals surface area contributed by atoms with Crippen molar-refractivity contribution in [2.75, 3.05) is 18.4 Å². The summed E-state index contributed by atoms with van der Waals surface area (Å²) in [7, 11) is 0. The molecular weight excluding hydrogens is 344 g/mol. The summed E-state index contributed by atoms with van der Waals surface area (Å²) >= 11 is 0. The van der Waals surface area contributed by atoms with E-state index in [2.05, 4.69) is 22.5 Å². The number of hydrogen-bond donors (Lipinski definition) is 4. The molecule has 1 aromatic carbocycles. The van der Waals surface area contributed by atoms with E-state index in [9.17, 15) is 14.4 Å². The van der Waals surface area contributed by atoms with Crippen molar-refractivity contribution in [1.29, 1.82) is 0 Å². The molecule has 5 N–H and O–H groups in total. The Hall–Kier alpha value is -2.38. The molecule has 0 aliphatic heterocycles. The highest BCUT2D eigenvalue weighted by Crippen LogP contribution is 2.09. The third-order valence-electron chi connectivity index (χ3n) is 3.28. The largest absolute Gasteiger partial charge is 0.349 e. The molecule has 0 saturated carbocycles. The highest BCUT2D eigenvalue weighted by atomic mass is 35.5. The van der Waals surface area contributed by atoms with Crippen molar-refractivity contribution < 1.29 is 14.4 Å². The quantitative estimate of drug-likeness (QED) is 0.514. The molecule has 25 heavy (non-hydrogen) atoms. The molecule has 0 unspecified atom stereocenters. The third kappa shape index (κ3) is 7.82. The standard InChI is InChI=1S/C17H24N4O3.ClH/c1-4-9-19-16(23)12-5-7-13(8-6-12)21-14(22)10-20-17(24)15(18)11(2)3;/h4-8,11,15H,1,9-10,18H2,2-3H3,(H,19,23)(H,20,24)(H,21,22);1H/t15-;/m0./s1. The van der Waals surface area contributed by atoms with Crippen molar-refractivity contribution in [1.82, 2.24) is 10.6 Å². The molecule has 0 radical (unpaired) electrons. The molecule has 7 nitrogen and oxygen atoms in total. The van der Waals surface area contributed by atoms with E-state index in [-0.39, 0.29) is 42.6 Å². The maximum absolute atomic E-state index is 11.8. The van der Waals surface area contributed by atoms with E-state index >= 15 is 0 Å². The minimum Gasteiger partial charge on any atom is -0.349 e. The fraction of sp³-hybridized carbons (Fsp3) is 0.353. The van der Waals surface area contributed by atoms with Gasteiger partial charge in [0.05, 0.1) is 12.6 Å². The highest BCUT2D eigenvalue weighted by Gasteiger charge is 2.17. The van der Waals surface area contributed by atoms with Crippen LogP contribution in [-0.2, 0) is 9.59 Å². The van der Waals surface area contributed by atoms with Crippen LogP contribution in [0.3, 0.4) is 0 Å². The van der Waals surface area contributed by atoms with E-state index in [1.54, 1.807) is 30.3 Å². The van der Waals surface area contributed by atoms with Gasteiger partial charge in [-0.1, -0.05) is 19.9 Å². The molecule has 1 atom stereocenters. The summed E-state index contributed by atoms with van der Waals surface area (Å²) in [5, 5.41) is 7.78. The topological polar surface area (TPSA) is 113 Å². The average Bonchev–Trinajstić information content (AvgIpc) is 2.57. The summed E-state index contributed by atoms with van der Waals surface area (Å²) in [5.74, 6) is -0.965. The Kier molecular flexibility index (Phi) is 10.2. The summed E-state index contributed by atoms with van der Waals surface area (Å²) in [6.45, 7) is 7.40. The number of halogens is 1. The maximum Gasteiger partial charge on any atom is 0.251 e. The third-order valence-corrected chi connectivity index (χ3v) is 3.28. The van der Waals surface area contributed by atoms with Gasteiger partial charge in [0.15, 0.2) is 0 Å². The van der Waals surface area contributed by atoms with Gasteiger partial charge >= 0.3 is 0 Å². The number of benzene rings is 1. The molecule has 0 aliphatic rings. The van der Waals surface area contributed by atoms with Gasteiger partial charge in [-0.25, -0.2) is 0 Å². The highest BCUT2D eigenvalue weighted by molar-refractivity contribution is 5.97. The maximum atomic E-state index is 11.8. The Morgan fingerprint density at radius 2 is 1.76 bits per heavy atom. The number of carbonyl (C=O) groups is 3. The summed E-state index contributed by atoms with van der Waals surface area (Å²) in [5.41, 5.74) is 6.70. The van der Waals surface area contributed by atoms with Crippen LogP contribution < -0.4 is 21.7 Å². The van der Waals surface area contributed by atoms with Gasteiger partial charge in [0, 0.05) is 17.8 Å². The van der Waals surface area contributed by atoms with Crippen LogP contribution in [0.2, 0.25) is 0 Å². The van der Waals surface area contributed by atoms with Crippen molar-refractivity contribution in [3.05, 3.63) is 42.5 Å². The summed E-state index contributed by atoms with van der Waals surface area (Å²) < 4.78 is 0. The lowest BCUT2D eigenvalue weighted by Gasteiger charge is -2.15. The molecule has 3 amide bonds. The average molecular weight is 369 g/mol. The lowest BCUT2D eigenvalue weighted by molar-refractivity contribution is -0.125. The number of nitrogens with two attached hydrogens (primary N) is 1. The SMILES string of the molecule is C=CCNC(=O)c1ccc(NC(=O)CNC(=O)[C@@H](N)C(C)C)cc1.Cl. The molecule has 1 aromatic rings. The van der Waals surface area contributed by atoms with Gasteiger partial charge in [0.25, 0.3) is 5.91 Å². The van der Waals surface area contributed by atoms with Gasteiger partial charge in [-0.15, -0.1) is 19.0 Å². The number of anilines is 1. The molecular formula is C17H25ClN4O3. The zero-order valence-corrected chi connectivity index (χ0v) is 15.2. The Morgan fingerprint density at radius 3 is 2.28 bits per heavy atom. The number of hydrogen-bond acceptors (Lipinski definition) is 4.